The number of nitrogens with zero attached hydrogens (tertiary/aromatic N) is 2. The number of ether oxygens (including phenoxy) is 1. The Morgan fingerprint density at radius 2 is 1.91 bits per heavy atom. The van der Waals surface area contributed by atoms with E-state index >= 15 is 0 Å². The molecule has 0 unspecified atom stereocenters. The van der Waals surface area contributed by atoms with Crippen LogP contribution < -0.4 is 10.1 Å². The molecule has 0 saturated heterocycles. The van der Waals surface area contributed by atoms with E-state index in [4.69, 9.17) is 4.74 Å². The van der Waals surface area contributed by atoms with Crippen molar-refractivity contribution in [1.82, 2.24) is 8.75 Å². The summed E-state index contributed by atoms with van der Waals surface area (Å²) in [5.74, 6) is 0.609. The standard InChI is InChI=1S/C16H15N3O2S/c1-2-9-21-13-6-3-11(4-7-13)16(20)17-12-5-8-14-15(10-12)19-22-18-14/h3-8,10H,2,9H2,1H3,(H,17,20). The Morgan fingerprint density at radius 3 is 2.68 bits per heavy atom. The van der Waals surface area contributed by atoms with Gasteiger partial charge in [0.15, 0.2) is 0 Å². The van der Waals surface area contributed by atoms with Crippen LogP contribution in [0.2, 0.25) is 0 Å². The van der Waals surface area contributed by atoms with Crippen molar-refractivity contribution in [2.45, 2.75) is 13.3 Å². The van der Waals surface area contributed by atoms with Crippen LogP contribution in [0.15, 0.2) is 42.5 Å². The summed E-state index contributed by atoms with van der Waals surface area (Å²) in [5, 5.41) is 2.86. The topological polar surface area (TPSA) is 64.1 Å². The highest BCUT2D eigenvalue weighted by Gasteiger charge is 2.07. The average Bonchev–Trinajstić information content (AvgIpc) is 3.01. The van der Waals surface area contributed by atoms with E-state index < -0.39 is 0 Å². The molecule has 0 aliphatic heterocycles. The van der Waals surface area contributed by atoms with Gasteiger partial charge < -0.3 is 10.1 Å². The highest BCUT2D eigenvalue weighted by atomic mass is 32.1. The van der Waals surface area contributed by atoms with Crippen LogP contribution in [0.25, 0.3) is 11.0 Å². The Bertz CT molecular complexity index is 783. The molecule has 3 rings (SSSR count). The third-order valence-electron chi connectivity index (χ3n) is 3.10. The molecule has 0 spiro atoms. The van der Waals surface area contributed by atoms with E-state index in [9.17, 15) is 4.79 Å². The zero-order chi connectivity index (χ0) is 15.4. The molecule has 0 bridgehead atoms. The fourth-order valence-electron chi connectivity index (χ4n) is 1.99. The van der Waals surface area contributed by atoms with E-state index in [0.29, 0.717) is 17.9 Å². The van der Waals surface area contributed by atoms with Crippen molar-refractivity contribution < 1.29 is 9.53 Å². The summed E-state index contributed by atoms with van der Waals surface area (Å²) in [7, 11) is 0. The molecule has 0 fully saturated rings. The van der Waals surface area contributed by atoms with Gasteiger partial charge in [0.1, 0.15) is 16.8 Å². The molecule has 0 aliphatic rings. The molecule has 3 aromatic rings. The van der Waals surface area contributed by atoms with Crippen LogP contribution in [-0.2, 0) is 0 Å². The van der Waals surface area contributed by atoms with Gasteiger partial charge in [-0.05, 0) is 48.9 Å². The first-order valence-corrected chi connectivity index (χ1v) is 7.76. The first-order chi connectivity index (χ1) is 10.8. The summed E-state index contributed by atoms with van der Waals surface area (Å²) in [6.45, 7) is 2.73. The summed E-state index contributed by atoms with van der Waals surface area (Å²) < 4.78 is 13.8. The lowest BCUT2D eigenvalue weighted by molar-refractivity contribution is 0.102. The van der Waals surface area contributed by atoms with Gasteiger partial charge in [-0.1, -0.05) is 6.92 Å². The van der Waals surface area contributed by atoms with Crippen LogP contribution in [0.5, 0.6) is 5.75 Å². The monoisotopic (exact) mass is 313 g/mol. The van der Waals surface area contributed by atoms with Crippen molar-refractivity contribution in [3.8, 4) is 5.75 Å². The molecule has 1 N–H and O–H groups in total. The maximum atomic E-state index is 12.2. The molecule has 0 radical (unpaired) electrons. The predicted octanol–water partition coefficient (Wildman–Crippen LogP) is 3.73. The molecule has 6 heteroatoms. The molecule has 0 atom stereocenters. The van der Waals surface area contributed by atoms with Gasteiger partial charge in [0.2, 0.25) is 0 Å². The lowest BCUT2D eigenvalue weighted by Crippen LogP contribution is -2.11. The average molecular weight is 313 g/mol. The van der Waals surface area contributed by atoms with Crippen LogP contribution in [0.1, 0.15) is 23.7 Å². The van der Waals surface area contributed by atoms with Crippen LogP contribution in [-0.4, -0.2) is 21.3 Å². The third-order valence-corrected chi connectivity index (χ3v) is 3.66. The van der Waals surface area contributed by atoms with Crippen molar-refractivity contribution in [2.24, 2.45) is 0 Å². The third kappa shape index (κ3) is 3.23. The second kappa shape index (κ2) is 6.53. The molecule has 0 aliphatic carbocycles. The van der Waals surface area contributed by atoms with Gasteiger partial charge >= 0.3 is 0 Å². The van der Waals surface area contributed by atoms with E-state index in [0.717, 1.165) is 34.9 Å². The van der Waals surface area contributed by atoms with Crippen molar-refractivity contribution >= 4 is 34.4 Å². The van der Waals surface area contributed by atoms with E-state index in [1.807, 2.05) is 18.2 Å². The lowest BCUT2D eigenvalue weighted by Gasteiger charge is -2.07. The fraction of sp³-hybridized carbons (Fsp3) is 0.188. The molecule has 1 heterocycles. The first kappa shape index (κ1) is 14.5. The second-order valence-corrected chi connectivity index (χ2v) is 5.32. The Morgan fingerprint density at radius 1 is 1.14 bits per heavy atom. The first-order valence-electron chi connectivity index (χ1n) is 7.03. The molecule has 1 aromatic heterocycles. The van der Waals surface area contributed by atoms with E-state index in [1.165, 1.54) is 0 Å². The predicted molar refractivity (Wildman–Crippen MR) is 87.6 cm³/mol. The molecule has 0 saturated carbocycles. The highest BCUT2D eigenvalue weighted by molar-refractivity contribution is 7.00. The van der Waals surface area contributed by atoms with Crippen LogP contribution in [0.3, 0.4) is 0 Å². The molecule has 5 nitrogen and oxygen atoms in total. The Labute approximate surface area is 132 Å². The van der Waals surface area contributed by atoms with E-state index in [-0.39, 0.29) is 5.91 Å². The minimum Gasteiger partial charge on any atom is -0.494 e. The van der Waals surface area contributed by atoms with Crippen LogP contribution in [0.4, 0.5) is 5.69 Å². The van der Waals surface area contributed by atoms with Gasteiger partial charge in [0.25, 0.3) is 5.91 Å². The molecule has 112 valence electrons. The van der Waals surface area contributed by atoms with Gasteiger partial charge in [-0.2, -0.15) is 8.75 Å². The van der Waals surface area contributed by atoms with Gasteiger partial charge in [0.05, 0.1) is 18.3 Å². The Kier molecular flexibility index (Phi) is 4.29. The Hall–Kier alpha value is -2.47. The molecule has 2 aromatic carbocycles. The van der Waals surface area contributed by atoms with Crippen molar-refractivity contribution in [2.75, 3.05) is 11.9 Å². The van der Waals surface area contributed by atoms with Gasteiger partial charge in [-0.25, -0.2) is 0 Å². The number of aromatic nitrogens is 2. The number of amides is 1. The van der Waals surface area contributed by atoms with Crippen molar-refractivity contribution in [1.29, 1.82) is 0 Å². The normalized spacial score (nSPS) is 10.6. The summed E-state index contributed by atoms with van der Waals surface area (Å²) >= 11 is 1.16. The number of fused-ring (bicyclic) bond motifs is 1. The number of benzene rings is 2. The number of rotatable bonds is 5. The summed E-state index contributed by atoms with van der Waals surface area (Å²) in [4.78, 5) is 12.2. The van der Waals surface area contributed by atoms with E-state index in [2.05, 4.69) is 21.0 Å². The lowest BCUT2D eigenvalue weighted by atomic mass is 10.2. The quantitative estimate of drug-likeness (QED) is 0.779. The number of carbonyl (C=O) groups excluding carboxylic acids is 1. The maximum absolute atomic E-state index is 12.2. The zero-order valence-corrected chi connectivity index (χ0v) is 12.9. The maximum Gasteiger partial charge on any atom is 0.255 e. The van der Waals surface area contributed by atoms with Crippen LogP contribution >= 0.6 is 11.7 Å². The SMILES string of the molecule is CCCOc1ccc(C(=O)Nc2ccc3nsnc3c2)cc1. The Balaban J connectivity index is 1.70. The van der Waals surface area contributed by atoms with E-state index in [1.54, 1.807) is 24.3 Å². The molecular weight excluding hydrogens is 298 g/mol. The number of hydrogen-bond acceptors (Lipinski definition) is 5. The highest BCUT2D eigenvalue weighted by Crippen LogP contribution is 2.18. The number of carbonyl (C=O) groups is 1. The summed E-state index contributed by atoms with van der Waals surface area (Å²) in [6, 6.07) is 12.6. The fourth-order valence-corrected chi connectivity index (χ4v) is 2.50. The number of hydrogen-bond donors (Lipinski definition) is 1. The van der Waals surface area contributed by atoms with Gasteiger partial charge in [0, 0.05) is 11.3 Å². The van der Waals surface area contributed by atoms with Crippen LogP contribution in [0, 0.1) is 0 Å². The molecule has 22 heavy (non-hydrogen) atoms. The summed E-state index contributed by atoms with van der Waals surface area (Å²) in [6.07, 6.45) is 0.955. The number of nitrogens with one attached hydrogen (secondary N) is 1. The zero-order valence-electron chi connectivity index (χ0n) is 12.1. The molecule has 1 amide bonds. The number of anilines is 1. The second-order valence-electron chi connectivity index (χ2n) is 4.79. The smallest absolute Gasteiger partial charge is 0.255 e. The minimum atomic E-state index is -0.162. The largest absolute Gasteiger partial charge is 0.494 e. The summed E-state index contributed by atoms with van der Waals surface area (Å²) in [5.41, 5.74) is 2.91. The van der Waals surface area contributed by atoms with Crippen molar-refractivity contribution in [3.05, 3.63) is 48.0 Å². The van der Waals surface area contributed by atoms with Gasteiger partial charge in [-0.3, -0.25) is 4.79 Å². The minimum absolute atomic E-state index is 0.162. The van der Waals surface area contributed by atoms with Crippen molar-refractivity contribution in [3.63, 3.8) is 0 Å². The van der Waals surface area contributed by atoms with Gasteiger partial charge in [-0.15, -0.1) is 0 Å². The molecular formula is C16H15N3O2S.